The molecule has 0 saturated carbocycles. The molecule has 3 heteroatoms. The van der Waals surface area contributed by atoms with E-state index in [-0.39, 0.29) is 5.56 Å². The number of fused-ring (bicyclic) bond motifs is 1. The van der Waals surface area contributed by atoms with Gasteiger partial charge in [-0.3, -0.25) is 4.98 Å². The van der Waals surface area contributed by atoms with E-state index in [1.165, 1.54) is 0 Å². The lowest BCUT2D eigenvalue weighted by Gasteiger charge is -2.08. The summed E-state index contributed by atoms with van der Waals surface area (Å²) >= 11 is 0. The third kappa shape index (κ3) is 2.03. The minimum atomic E-state index is -0.929. The number of aryl methyl sites for hydroxylation is 1. The van der Waals surface area contributed by atoms with E-state index in [1.807, 2.05) is 43.3 Å². The summed E-state index contributed by atoms with van der Waals surface area (Å²) in [6.45, 7) is 1.93. The van der Waals surface area contributed by atoms with E-state index in [4.69, 9.17) is 0 Å². The van der Waals surface area contributed by atoms with Crippen molar-refractivity contribution in [2.24, 2.45) is 0 Å². The summed E-state index contributed by atoms with van der Waals surface area (Å²) in [5.41, 5.74) is 3.95. The highest BCUT2D eigenvalue weighted by Crippen LogP contribution is 2.26. The summed E-state index contributed by atoms with van der Waals surface area (Å²) < 4.78 is 0. The fourth-order valence-corrected chi connectivity index (χ4v) is 2.34. The van der Waals surface area contributed by atoms with Crippen LogP contribution in [0.25, 0.3) is 22.0 Å². The number of hydrogen-bond donors (Lipinski definition) is 1. The van der Waals surface area contributed by atoms with E-state index >= 15 is 0 Å². The minimum Gasteiger partial charge on any atom is -0.478 e. The Morgan fingerprint density at radius 2 is 1.80 bits per heavy atom. The van der Waals surface area contributed by atoms with E-state index in [0.717, 1.165) is 22.2 Å². The number of carbonyl (C=O) groups is 1. The third-order valence-electron chi connectivity index (χ3n) is 3.39. The zero-order valence-electron chi connectivity index (χ0n) is 11.0. The fraction of sp³-hybridized carbons (Fsp3) is 0.0588. The molecule has 0 aliphatic carbocycles. The molecular formula is C17H13NO2. The summed E-state index contributed by atoms with van der Waals surface area (Å²) in [7, 11) is 0. The Kier molecular flexibility index (Phi) is 2.95. The van der Waals surface area contributed by atoms with E-state index in [0.29, 0.717) is 5.39 Å². The Bertz CT molecular complexity index is 795. The van der Waals surface area contributed by atoms with Crippen LogP contribution in [0.1, 0.15) is 15.9 Å². The van der Waals surface area contributed by atoms with Crippen LogP contribution >= 0.6 is 0 Å². The first-order valence-corrected chi connectivity index (χ1v) is 6.35. The maximum atomic E-state index is 11.3. The summed E-state index contributed by atoms with van der Waals surface area (Å²) in [6.07, 6.45) is 1.79. The second kappa shape index (κ2) is 4.78. The van der Waals surface area contributed by atoms with Crippen LogP contribution in [0.2, 0.25) is 0 Å². The van der Waals surface area contributed by atoms with Crippen molar-refractivity contribution < 1.29 is 9.90 Å². The molecule has 0 aliphatic heterocycles. The lowest BCUT2D eigenvalue weighted by Crippen LogP contribution is -1.99. The fourth-order valence-electron chi connectivity index (χ4n) is 2.34. The average molecular weight is 263 g/mol. The molecule has 0 radical (unpaired) electrons. The van der Waals surface area contributed by atoms with Gasteiger partial charge >= 0.3 is 5.97 Å². The first-order valence-electron chi connectivity index (χ1n) is 6.35. The van der Waals surface area contributed by atoms with Gasteiger partial charge in [0.1, 0.15) is 0 Å². The van der Waals surface area contributed by atoms with Crippen LogP contribution in [0, 0.1) is 6.92 Å². The van der Waals surface area contributed by atoms with Gasteiger partial charge in [0.2, 0.25) is 0 Å². The van der Waals surface area contributed by atoms with Crippen molar-refractivity contribution >= 4 is 16.9 Å². The molecule has 0 saturated heterocycles. The van der Waals surface area contributed by atoms with Crippen molar-refractivity contribution in [1.29, 1.82) is 0 Å². The Hall–Kier alpha value is -2.68. The van der Waals surface area contributed by atoms with Gasteiger partial charge in [0.25, 0.3) is 0 Å². The number of pyridine rings is 1. The second-order valence-electron chi connectivity index (χ2n) is 4.72. The molecule has 0 aliphatic rings. The van der Waals surface area contributed by atoms with Crippen LogP contribution < -0.4 is 0 Å². The summed E-state index contributed by atoms with van der Waals surface area (Å²) in [5, 5.41) is 9.99. The zero-order chi connectivity index (χ0) is 14.1. The van der Waals surface area contributed by atoms with Gasteiger partial charge < -0.3 is 5.11 Å². The number of benzene rings is 2. The van der Waals surface area contributed by atoms with Crippen molar-refractivity contribution in [3.63, 3.8) is 0 Å². The van der Waals surface area contributed by atoms with Crippen molar-refractivity contribution in [3.8, 4) is 11.1 Å². The van der Waals surface area contributed by atoms with Gasteiger partial charge in [0, 0.05) is 17.1 Å². The molecule has 3 rings (SSSR count). The van der Waals surface area contributed by atoms with Crippen molar-refractivity contribution in [2.45, 2.75) is 6.92 Å². The molecule has 0 bridgehead atoms. The van der Waals surface area contributed by atoms with Gasteiger partial charge in [-0.05, 0) is 30.2 Å². The highest BCUT2D eigenvalue weighted by Gasteiger charge is 2.11. The van der Waals surface area contributed by atoms with Gasteiger partial charge in [-0.2, -0.15) is 0 Å². The van der Waals surface area contributed by atoms with E-state index in [2.05, 4.69) is 4.98 Å². The second-order valence-corrected chi connectivity index (χ2v) is 4.72. The summed E-state index contributed by atoms with van der Waals surface area (Å²) in [4.78, 5) is 15.8. The first-order chi connectivity index (χ1) is 9.66. The Labute approximate surface area is 116 Å². The zero-order valence-corrected chi connectivity index (χ0v) is 11.0. The lowest BCUT2D eigenvalue weighted by molar-refractivity contribution is 0.0699. The number of aromatic carboxylic acids is 1. The highest BCUT2D eigenvalue weighted by molar-refractivity contribution is 6.04. The predicted octanol–water partition coefficient (Wildman–Crippen LogP) is 3.91. The molecule has 0 atom stereocenters. The van der Waals surface area contributed by atoms with E-state index in [1.54, 1.807) is 18.3 Å². The van der Waals surface area contributed by atoms with Crippen LogP contribution in [-0.2, 0) is 0 Å². The quantitative estimate of drug-likeness (QED) is 0.762. The molecule has 0 amide bonds. The van der Waals surface area contributed by atoms with Crippen LogP contribution in [0.15, 0.2) is 54.7 Å². The number of aromatic nitrogens is 1. The first kappa shape index (κ1) is 12.4. The lowest BCUT2D eigenvalue weighted by atomic mass is 10.0. The molecule has 1 N–H and O–H groups in total. The van der Waals surface area contributed by atoms with Crippen molar-refractivity contribution in [2.75, 3.05) is 0 Å². The Morgan fingerprint density at radius 1 is 1.05 bits per heavy atom. The molecule has 2 aromatic carbocycles. The molecule has 3 nitrogen and oxygen atoms in total. The monoisotopic (exact) mass is 263 g/mol. The number of hydrogen-bond acceptors (Lipinski definition) is 2. The van der Waals surface area contributed by atoms with Crippen LogP contribution in [0.5, 0.6) is 0 Å². The number of rotatable bonds is 2. The van der Waals surface area contributed by atoms with Crippen LogP contribution in [0.4, 0.5) is 0 Å². The number of carboxylic acids is 1. The van der Waals surface area contributed by atoms with Gasteiger partial charge in [0.15, 0.2) is 0 Å². The third-order valence-corrected chi connectivity index (χ3v) is 3.39. The highest BCUT2D eigenvalue weighted by atomic mass is 16.4. The summed E-state index contributed by atoms with van der Waals surface area (Å²) in [5.74, 6) is -0.929. The maximum Gasteiger partial charge on any atom is 0.336 e. The molecule has 1 heterocycles. The number of nitrogens with zero attached hydrogens (tertiary/aromatic N) is 1. The average Bonchev–Trinajstić information content (AvgIpc) is 2.48. The molecule has 0 spiro atoms. The standard InChI is InChI=1S/C17H13NO2/c1-11-7-8-14(17(19)20)15-9-13(10-18-16(11)15)12-5-3-2-4-6-12/h2-10H,1H3,(H,19,20). The van der Waals surface area contributed by atoms with Crippen LogP contribution in [0.3, 0.4) is 0 Å². The van der Waals surface area contributed by atoms with E-state index < -0.39 is 5.97 Å². The Balaban J connectivity index is 2.29. The topological polar surface area (TPSA) is 50.2 Å². The van der Waals surface area contributed by atoms with E-state index in [9.17, 15) is 9.90 Å². The van der Waals surface area contributed by atoms with Gasteiger partial charge in [-0.1, -0.05) is 36.4 Å². The number of carboxylic acid groups (broad SMARTS) is 1. The SMILES string of the molecule is Cc1ccc(C(=O)O)c2cc(-c3ccccc3)cnc12. The Morgan fingerprint density at radius 3 is 2.50 bits per heavy atom. The maximum absolute atomic E-state index is 11.3. The summed E-state index contributed by atoms with van der Waals surface area (Å²) in [6, 6.07) is 15.1. The van der Waals surface area contributed by atoms with Gasteiger partial charge in [-0.25, -0.2) is 4.79 Å². The smallest absolute Gasteiger partial charge is 0.336 e. The van der Waals surface area contributed by atoms with Crippen molar-refractivity contribution in [1.82, 2.24) is 4.98 Å². The van der Waals surface area contributed by atoms with Gasteiger partial charge in [-0.15, -0.1) is 0 Å². The van der Waals surface area contributed by atoms with Gasteiger partial charge in [0.05, 0.1) is 11.1 Å². The molecular weight excluding hydrogens is 250 g/mol. The molecule has 20 heavy (non-hydrogen) atoms. The van der Waals surface area contributed by atoms with Crippen molar-refractivity contribution in [3.05, 3.63) is 65.9 Å². The molecule has 3 aromatic rings. The molecule has 1 aromatic heterocycles. The van der Waals surface area contributed by atoms with Crippen LogP contribution in [-0.4, -0.2) is 16.1 Å². The molecule has 98 valence electrons. The largest absolute Gasteiger partial charge is 0.478 e. The normalized spacial score (nSPS) is 10.7. The molecule has 0 fully saturated rings. The predicted molar refractivity (Wildman–Crippen MR) is 78.9 cm³/mol. The minimum absolute atomic E-state index is 0.288. The molecule has 0 unspecified atom stereocenters.